The molecule has 0 aliphatic heterocycles. The Hall–Kier alpha value is -2.97. The highest BCUT2D eigenvalue weighted by molar-refractivity contribution is 4.79. The minimum Gasteiger partial charge on any atom is -0.225 e. The van der Waals surface area contributed by atoms with Gasteiger partial charge in [-0.15, -0.1) is 0 Å². The van der Waals surface area contributed by atoms with Crippen LogP contribution in [0.1, 0.15) is 79.8 Å². The van der Waals surface area contributed by atoms with Gasteiger partial charge in [-0.2, -0.15) is 0 Å². The Morgan fingerprint density at radius 1 is 0.400 bits per heavy atom. The van der Waals surface area contributed by atoms with Gasteiger partial charge in [0.1, 0.15) is 55.4 Å². The molecule has 0 amide bonds. The zero-order chi connectivity index (χ0) is 23.5. The van der Waals surface area contributed by atoms with Crippen molar-refractivity contribution in [2.45, 2.75) is 81.6 Å². The van der Waals surface area contributed by atoms with E-state index in [-0.39, 0.29) is 0 Å². The first-order valence-electron chi connectivity index (χ1n) is 10.6. The van der Waals surface area contributed by atoms with Crippen LogP contribution in [0.25, 0.3) is 0 Å². The molecule has 0 aliphatic rings. The van der Waals surface area contributed by atoms with Gasteiger partial charge in [-0.3, -0.25) is 0 Å². The number of nitrogens with zero attached hydrogens (tertiary/aromatic N) is 9. The molecule has 3 aromatic heterocycles. The minimum atomic E-state index is 0.847. The number of hydrogen-bond acceptors (Lipinski definition) is 9. The van der Waals surface area contributed by atoms with Crippen molar-refractivity contribution < 1.29 is 0 Å². The van der Waals surface area contributed by atoms with Gasteiger partial charge < -0.3 is 0 Å². The molecule has 9 heteroatoms. The molecule has 3 aromatic rings. The lowest BCUT2D eigenvalue weighted by molar-refractivity contribution is 0.896. The minimum absolute atomic E-state index is 0.847. The standard InChI is InChI=1S/3C5H7N3.3C2H6/c3*1-2-5-7-3-6-4-8-5;3*1-2/h3*3-4H,2H2,1H3;3*1-2H3. The van der Waals surface area contributed by atoms with Crippen molar-refractivity contribution in [2.75, 3.05) is 0 Å². The summed E-state index contributed by atoms with van der Waals surface area (Å²) in [6.07, 6.45) is 11.7. The number of rotatable bonds is 3. The lowest BCUT2D eigenvalue weighted by Crippen LogP contribution is -1.90. The predicted octanol–water partition coefficient (Wildman–Crippen LogP) is 4.38. The second kappa shape index (κ2) is 28.2. The van der Waals surface area contributed by atoms with Crippen LogP contribution in [0.5, 0.6) is 0 Å². The Labute approximate surface area is 182 Å². The summed E-state index contributed by atoms with van der Waals surface area (Å²) in [7, 11) is 0. The van der Waals surface area contributed by atoms with E-state index in [1.54, 1.807) is 0 Å². The zero-order valence-corrected chi connectivity index (χ0v) is 20.1. The largest absolute Gasteiger partial charge is 0.225 e. The van der Waals surface area contributed by atoms with Gasteiger partial charge in [0.05, 0.1) is 0 Å². The molecule has 0 spiro atoms. The fraction of sp³-hybridized carbons (Fsp3) is 0.571. The highest BCUT2D eigenvalue weighted by atomic mass is 15.0. The maximum atomic E-state index is 3.88. The Morgan fingerprint density at radius 2 is 0.567 bits per heavy atom. The number of aryl methyl sites for hydroxylation is 3. The van der Waals surface area contributed by atoms with Crippen LogP contribution in [-0.4, -0.2) is 44.9 Å². The van der Waals surface area contributed by atoms with Crippen molar-refractivity contribution in [1.82, 2.24) is 44.9 Å². The molecule has 3 heterocycles. The van der Waals surface area contributed by atoms with E-state index in [9.17, 15) is 0 Å². The van der Waals surface area contributed by atoms with Crippen LogP contribution in [0.15, 0.2) is 38.0 Å². The average Bonchev–Trinajstić information content (AvgIpc) is 2.90. The molecule has 3 rings (SSSR count). The zero-order valence-electron chi connectivity index (χ0n) is 20.1. The highest BCUT2D eigenvalue weighted by Crippen LogP contribution is 1.83. The quantitative estimate of drug-likeness (QED) is 0.612. The molecular weight excluding hydrogens is 378 g/mol. The molecule has 0 saturated heterocycles. The first-order valence-corrected chi connectivity index (χ1v) is 10.6. The van der Waals surface area contributed by atoms with Crippen molar-refractivity contribution in [2.24, 2.45) is 0 Å². The molecule has 0 fully saturated rings. The van der Waals surface area contributed by atoms with Crippen molar-refractivity contribution >= 4 is 0 Å². The first-order chi connectivity index (χ1) is 14.8. The van der Waals surface area contributed by atoms with Gasteiger partial charge >= 0.3 is 0 Å². The Bertz CT molecular complexity index is 545. The Morgan fingerprint density at radius 3 is 0.667 bits per heavy atom. The molecule has 0 atom stereocenters. The fourth-order valence-corrected chi connectivity index (χ4v) is 1.34. The van der Waals surface area contributed by atoms with E-state index in [1.807, 2.05) is 62.3 Å². The van der Waals surface area contributed by atoms with Gasteiger partial charge in [-0.25, -0.2) is 44.9 Å². The lowest BCUT2D eigenvalue weighted by Gasteiger charge is -1.87. The van der Waals surface area contributed by atoms with E-state index in [2.05, 4.69) is 44.9 Å². The van der Waals surface area contributed by atoms with Crippen molar-refractivity contribution in [3.8, 4) is 0 Å². The monoisotopic (exact) mass is 417 g/mol. The summed E-state index contributed by atoms with van der Waals surface area (Å²) in [5.74, 6) is 2.54. The molecule has 0 N–H and O–H groups in total. The molecule has 0 aromatic carbocycles. The predicted molar refractivity (Wildman–Crippen MR) is 122 cm³/mol. The summed E-state index contributed by atoms with van der Waals surface area (Å²) >= 11 is 0. The van der Waals surface area contributed by atoms with Crippen LogP contribution in [0.3, 0.4) is 0 Å². The van der Waals surface area contributed by atoms with Crippen molar-refractivity contribution in [1.29, 1.82) is 0 Å². The van der Waals surface area contributed by atoms with Crippen LogP contribution in [0.4, 0.5) is 0 Å². The smallest absolute Gasteiger partial charge is 0.131 e. The van der Waals surface area contributed by atoms with E-state index in [1.165, 1.54) is 38.0 Å². The highest BCUT2D eigenvalue weighted by Gasteiger charge is 1.85. The number of aromatic nitrogens is 9. The van der Waals surface area contributed by atoms with Gasteiger partial charge in [-0.1, -0.05) is 62.3 Å². The second-order valence-electron chi connectivity index (χ2n) is 4.22. The van der Waals surface area contributed by atoms with Gasteiger partial charge in [-0.05, 0) is 0 Å². The van der Waals surface area contributed by atoms with Crippen LogP contribution in [0, 0.1) is 0 Å². The third-order valence-electron chi connectivity index (χ3n) is 2.59. The van der Waals surface area contributed by atoms with Gasteiger partial charge in [0, 0.05) is 19.3 Å². The third-order valence-corrected chi connectivity index (χ3v) is 2.59. The molecule has 0 aliphatic carbocycles. The summed E-state index contributed by atoms with van der Waals surface area (Å²) in [4.78, 5) is 34.3. The molecular formula is C21H39N9. The molecule has 9 nitrogen and oxygen atoms in total. The summed E-state index contributed by atoms with van der Waals surface area (Å²) in [6.45, 7) is 18.0. The van der Waals surface area contributed by atoms with Gasteiger partial charge in [0.15, 0.2) is 0 Å². The van der Waals surface area contributed by atoms with Gasteiger partial charge in [0.25, 0.3) is 0 Å². The SMILES string of the molecule is CC.CC.CC.CCc1ncncn1.CCc1ncncn1.CCc1ncncn1. The van der Waals surface area contributed by atoms with Gasteiger partial charge in [0.2, 0.25) is 0 Å². The van der Waals surface area contributed by atoms with E-state index < -0.39 is 0 Å². The summed E-state index contributed by atoms with van der Waals surface area (Å²) < 4.78 is 0. The molecule has 30 heavy (non-hydrogen) atoms. The number of hydrogen-bond donors (Lipinski definition) is 0. The van der Waals surface area contributed by atoms with Crippen molar-refractivity contribution in [3.63, 3.8) is 0 Å². The maximum Gasteiger partial charge on any atom is 0.131 e. The van der Waals surface area contributed by atoms with Crippen LogP contribution in [-0.2, 0) is 19.3 Å². The summed E-state index contributed by atoms with van der Waals surface area (Å²) in [6, 6.07) is 0. The molecule has 168 valence electrons. The Kier molecular flexibility index (Phi) is 29.9. The molecule has 0 saturated carbocycles. The normalized spacial score (nSPS) is 7.90. The fourth-order valence-electron chi connectivity index (χ4n) is 1.34. The van der Waals surface area contributed by atoms with Crippen molar-refractivity contribution in [3.05, 3.63) is 55.4 Å². The average molecular weight is 418 g/mol. The molecule has 0 bridgehead atoms. The maximum absolute atomic E-state index is 3.88. The van der Waals surface area contributed by atoms with Crippen LogP contribution < -0.4 is 0 Å². The van der Waals surface area contributed by atoms with Crippen LogP contribution in [0.2, 0.25) is 0 Å². The molecule has 0 unspecified atom stereocenters. The topological polar surface area (TPSA) is 116 Å². The van der Waals surface area contributed by atoms with E-state index in [0.29, 0.717) is 0 Å². The first kappa shape index (κ1) is 31.7. The van der Waals surface area contributed by atoms with Crippen LogP contribution >= 0.6 is 0 Å². The van der Waals surface area contributed by atoms with E-state index in [0.717, 1.165) is 36.7 Å². The lowest BCUT2D eigenvalue weighted by atomic mass is 10.5. The summed E-state index contributed by atoms with van der Waals surface area (Å²) in [5, 5.41) is 0. The third kappa shape index (κ3) is 19.8. The summed E-state index contributed by atoms with van der Waals surface area (Å²) in [5.41, 5.74) is 0. The van der Waals surface area contributed by atoms with E-state index in [4.69, 9.17) is 0 Å². The molecule has 0 radical (unpaired) electrons. The second-order valence-corrected chi connectivity index (χ2v) is 4.22. The Balaban J connectivity index is -0.000000323. The van der Waals surface area contributed by atoms with E-state index >= 15 is 0 Å².